The molecule has 0 aliphatic carbocycles. The van der Waals surface area contributed by atoms with Crippen molar-refractivity contribution in [2.24, 2.45) is 5.10 Å². The van der Waals surface area contributed by atoms with Gasteiger partial charge in [0.15, 0.2) is 0 Å². The lowest BCUT2D eigenvalue weighted by Crippen LogP contribution is -2.48. The lowest BCUT2D eigenvalue weighted by Gasteiger charge is -2.47. The first-order valence-corrected chi connectivity index (χ1v) is 10.2. The fraction of sp³-hybridized carbons (Fsp3) is 0.364. The number of halogens is 2. The number of hydrogen-bond acceptors (Lipinski definition) is 3. The van der Waals surface area contributed by atoms with Crippen LogP contribution in [-0.4, -0.2) is 24.2 Å². The molecule has 0 radical (unpaired) electrons. The van der Waals surface area contributed by atoms with E-state index in [4.69, 9.17) is 23.2 Å². The van der Waals surface area contributed by atoms with Crippen LogP contribution in [0.5, 0.6) is 0 Å². The van der Waals surface area contributed by atoms with Gasteiger partial charge in [0.05, 0.1) is 16.8 Å². The molecule has 1 aliphatic rings. The van der Waals surface area contributed by atoms with Gasteiger partial charge in [-0.15, -0.1) is 0 Å². The summed E-state index contributed by atoms with van der Waals surface area (Å²) in [6, 6.07) is 11.1. The third-order valence-electron chi connectivity index (χ3n) is 5.28. The minimum absolute atomic E-state index is 0.141. The maximum absolute atomic E-state index is 12.2. The molecular formula is C22H25Cl2N3O. The predicted molar refractivity (Wildman–Crippen MR) is 118 cm³/mol. The lowest BCUT2D eigenvalue weighted by molar-refractivity contribution is 0.0955. The Morgan fingerprint density at radius 3 is 2.71 bits per heavy atom. The van der Waals surface area contributed by atoms with Gasteiger partial charge >= 0.3 is 0 Å². The molecule has 1 N–H and O–H groups in total. The SMILES string of the molecule is CCN1c2ccc(/C=N\NC(=O)c3ccc(Cl)cc3Cl)cc2[C@H](C)CC1(C)C. The molecule has 0 fully saturated rings. The zero-order valence-electron chi connectivity index (χ0n) is 16.6. The van der Waals surface area contributed by atoms with Crippen molar-refractivity contribution in [1.29, 1.82) is 0 Å². The highest BCUT2D eigenvalue weighted by atomic mass is 35.5. The topological polar surface area (TPSA) is 44.7 Å². The van der Waals surface area contributed by atoms with Crippen molar-refractivity contribution < 1.29 is 4.79 Å². The molecule has 0 bridgehead atoms. The number of hydrazone groups is 1. The molecule has 1 amide bonds. The fourth-order valence-electron chi connectivity index (χ4n) is 4.09. The Hall–Kier alpha value is -2.04. The number of carbonyl (C=O) groups is 1. The number of rotatable bonds is 4. The van der Waals surface area contributed by atoms with Crippen molar-refractivity contribution in [3.05, 3.63) is 63.1 Å². The molecule has 3 rings (SSSR count). The summed E-state index contributed by atoms with van der Waals surface area (Å²) in [6.45, 7) is 10.0. The number of nitrogens with one attached hydrogen (secondary N) is 1. The van der Waals surface area contributed by atoms with Gasteiger partial charge in [-0.1, -0.05) is 36.2 Å². The average Bonchev–Trinajstić information content (AvgIpc) is 2.61. The third-order valence-corrected chi connectivity index (χ3v) is 5.83. The Morgan fingerprint density at radius 1 is 1.29 bits per heavy atom. The van der Waals surface area contributed by atoms with E-state index in [1.165, 1.54) is 17.3 Å². The minimum Gasteiger partial charge on any atom is -0.366 e. The standard InChI is InChI=1S/C22H25Cl2N3O/c1-5-27-20-9-6-15(10-18(20)14(2)12-22(27,3)4)13-25-26-21(28)17-8-7-16(23)11-19(17)24/h6-11,13-14H,5,12H2,1-4H3,(H,26,28)/b25-13-/t14-/m1/s1. The molecule has 0 saturated heterocycles. The number of hydrogen-bond donors (Lipinski definition) is 1. The molecule has 2 aromatic carbocycles. The highest BCUT2D eigenvalue weighted by molar-refractivity contribution is 6.36. The Balaban J connectivity index is 1.77. The van der Waals surface area contributed by atoms with Gasteiger partial charge in [0.2, 0.25) is 0 Å². The fourth-order valence-corrected chi connectivity index (χ4v) is 4.58. The second-order valence-electron chi connectivity index (χ2n) is 7.80. The highest BCUT2D eigenvalue weighted by Crippen LogP contribution is 2.43. The lowest BCUT2D eigenvalue weighted by atomic mass is 9.79. The summed E-state index contributed by atoms with van der Waals surface area (Å²) in [5, 5.41) is 4.87. The van der Waals surface area contributed by atoms with Crippen molar-refractivity contribution >= 4 is 41.0 Å². The van der Waals surface area contributed by atoms with E-state index in [-0.39, 0.29) is 11.4 Å². The Kier molecular flexibility index (Phi) is 6.01. The number of benzene rings is 2. The average molecular weight is 418 g/mol. The van der Waals surface area contributed by atoms with Crippen LogP contribution in [0.1, 0.15) is 61.5 Å². The molecule has 4 nitrogen and oxygen atoms in total. The summed E-state index contributed by atoms with van der Waals surface area (Å²) < 4.78 is 0. The first-order valence-electron chi connectivity index (χ1n) is 9.43. The first kappa shape index (κ1) is 20.7. The quantitative estimate of drug-likeness (QED) is 0.499. The van der Waals surface area contributed by atoms with E-state index in [2.05, 4.69) is 55.3 Å². The summed E-state index contributed by atoms with van der Waals surface area (Å²) in [7, 11) is 0. The summed E-state index contributed by atoms with van der Waals surface area (Å²) in [6.07, 6.45) is 2.75. The number of fused-ring (bicyclic) bond motifs is 1. The number of carbonyl (C=O) groups excluding carboxylic acids is 1. The van der Waals surface area contributed by atoms with Gasteiger partial charge in [-0.3, -0.25) is 4.79 Å². The molecule has 0 saturated carbocycles. The minimum atomic E-state index is -0.372. The van der Waals surface area contributed by atoms with Gasteiger partial charge in [-0.25, -0.2) is 5.43 Å². The summed E-state index contributed by atoms with van der Waals surface area (Å²) in [5.74, 6) is 0.0896. The molecule has 2 aromatic rings. The molecule has 0 spiro atoms. The van der Waals surface area contributed by atoms with Crippen molar-refractivity contribution in [3.63, 3.8) is 0 Å². The first-order chi connectivity index (χ1) is 13.2. The van der Waals surface area contributed by atoms with Gasteiger partial charge < -0.3 is 4.90 Å². The van der Waals surface area contributed by atoms with Crippen LogP contribution in [0.4, 0.5) is 5.69 Å². The van der Waals surface area contributed by atoms with Crippen LogP contribution in [0.25, 0.3) is 0 Å². The van der Waals surface area contributed by atoms with E-state index in [0.717, 1.165) is 18.5 Å². The van der Waals surface area contributed by atoms with Gasteiger partial charge in [0.25, 0.3) is 5.91 Å². The van der Waals surface area contributed by atoms with Gasteiger partial charge in [0, 0.05) is 22.8 Å². The summed E-state index contributed by atoms with van der Waals surface area (Å²) >= 11 is 11.9. The number of anilines is 1. The third kappa shape index (κ3) is 4.18. The van der Waals surface area contributed by atoms with Gasteiger partial charge in [0.1, 0.15) is 0 Å². The van der Waals surface area contributed by atoms with Crippen molar-refractivity contribution in [3.8, 4) is 0 Å². The molecule has 0 aromatic heterocycles. The van der Waals surface area contributed by atoms with Crippen LogP contribution in [0.3, 0.4) is 0 Å². The second kappa shape index (κ2) is 8.14. The zero-order valence-corrected chi connectivity index (χ0v) is 18.1. The van der Waals surface area contributed by atoms with E-state index in [0.29, 0.717) is 21.5 Å². The van der Waals surface area contributed by atoms with Crippen LogP contribution >= 0.6 is 23.2 Å². The molecule has 0 unspecified atom stereocenters. The molecule has 1 heterocycles. The monoisotopic (exact) mass is 417 g/mol. The number of amides is 1. The predicted octanol–water partition coefficient (Wildman–Crippen LogP) is 5.87. The summed E-state index contributed by atoms with van der Waals surface area (Å²) in [4.78, 5) is 14.7. The van der Waals surface area contributed by atoms with Crippen LogP contribution in [0.2, 0.25) is 10.0 Å². The van der Waals surface area contributed by atoms with E-state index in [1.807, 2.05) is 6.07 Å². The van der Waals surface area contributed by atoms with Crippen LogP contribution < -0.4 is 10.3 Å². The maximum Gasteiger partial charge on any atom is 0.272 e. The number of nitrogens with zero attached hydrogens (tertiary/aromatic N) is 2. The Bertz CT molecular complexity index is 924. The van der Waals surface area contributed by atoms with E-state index in [1.54, 1.807) is 18.3 Å². The van der Waals surface area contributed by atoms with Crippen molar-refractivity contribution in [1.82, 2.24) is 5.43 Å². The normalized spacial score (nSPS) is 18.2. The van der Waals surface area contributed by atoms with Gasteiger partial charge in [-0.2, -0.15) is 5.10 Å². The van der Waals surface area contributed by atoms with E-state index < -0.39 is 0 Å². The molecule has 1 aliphatic heterocycles. The second-order valence-corrected chi connectivity index (χ2v) is 8.65. The highest BCUT2D eigenvalue weighted by Gasteiger charge is 2.35. The van der Waals surface area contributed by atoms with Crippen LogP contribution in [0, 0.1) is 0 Å². The Labute approximate surface area is 176 Å². The summed E-state index contributed by atoms with van der Waals surface area (Å²) in [5.41, 5.74) is 6.55. The van der Waals surface area contributed by atoms with Crippen molar-refractivity contribution in [2.75, 3.05) is 11.4 Å². The van der Waals surface area contributed by atoms with Crippen LogP contribution in [0.15, 0.2) is 41.5 Å². The molecular weight excluding hydrogens is 393 g/mol. The van der Waals surface area contributed by atoms with E-state index in [9.17, 15) is 4.79 Å². The molecule has 1 atom stereocenters. The smallest absolute Gasteiger partial charge is 0.272 e. The zero-order chi connectivity index (χ0) is 20.5. The largest absolute Gasteiger partial charge is 0.366 e. The van der Waals surface area contributed by atoms with E-state index >= 15 is 0 Å². The Morgan fingerprint density at radius 2 is 2.04 bits per heavy atom. The molecule has 28 heavy (non-hydrogen) atoms. The molecule has 6 heteroatoms. The van der Waals surface area contributed by atoms with Crippen molar-refractivity contribution in [2.45, 2.75) is 45.6 Å². The molecule has 148 valence electrons. The maximum atomic E-state index is 12.2. The van der Waals surface area contributed by atoms with Gasteiger partial charge in [-0.05, 0) is 74.6 Å². The van der Waals surface area contributed by atoms with Crippen LogP contribution in [-0.2, 0) is 0 Å².